The molecular formula is C13H16N2O4. The van der Waals surface area contributed by atoms with E-state index in [1.54, 1.807) is 0 Å². The van der Waals surface area contributed by atoms with Gasteiger partial charge in [0, 0.05) is 23.9 Å². The summed E-state index contributed by atoms with van der Waals surface area (Å²) in [6.07, 6.45) is 4.29. The van der Waals surface area contributed by atoms with Gasteiger partial charge in [-0.25, -0.2) is 0 Å². The number of aliphatic imine (C=N–C) groups is 1. The van der Waals surface area contributed by atoms with Crippen molar-refractivity contribution in [1.82, 2.24) is 0 Å². The molecular weight excluding hydrogens is 248 g/mol. The number of nitro groups is 1. The number of nitrogens with zero attached hydrogens (tertiary/aromatic N) is 2. The highest BCUT2D eigenvalue weighted by molar-refractivity contribution is 5.84. The standard InChI is InChI=1S/C13H16N2O4/c16-12-4-1-10(2-5-12)14-8-9-7-11(15(18)19)3-6-13(9)17/h3,6-8,10,12,16-17H,1-2,4-5H2. The molecule has 2 N–H and O–H groups in total. The van der Waals surface area contributed by atoms with Gasteiger partial charge in [-0.3, -0.25) is 15.1 Å². The zero-order valence-electron chi connectivity index (χ0n) is 10.4. The quantitative estimate of drug-likeness (QED) is 0.496. The number of phenolic OH excluding ortho intramolecular Hbond substituents is 1. The maximum Gasteiger partial charge on any atom is 0.270 e. The van der Waals surface area contributed by atoms with Crippen LogP contribution in [0.25, 0.3) is 0 Å². The van der Waals surface area contributed by atoms with E-state index < -0.39 is 4.92 Å². The molecule has 6 heteroatoms. The Hall–Kier alpha value is -1.95. The minimum Gasteiger partial charge on any atom is -0.507 e. The van der Waals surface area contributed by atoms with E-state index in [-0.39, 0.29) is 23.6 Å². The molecule has 1 aliphatic carbocycles. The summed E-state index contributed by atoms with van der Waals surface area (Å²) >= 11 is 0. The first-order valence-corrected chi connectivity index (χ1v) is 6.25. The van der Waals surface area contributed by atoms with E-state index in [0.717, 1.165) is 25.7 Å². The normalized spacial score (nSPS) is 23.6. The number of aliphatic hydroxyl groups is 1. The first kappa shape index (κ1) is 13.5. The van der Waals surface area contributed by atoms with Crippen LogP contribution in [0.5, 0.6) is 5.75 Å². The average molecular weight is 264 g/mol. The smallest absolute Gasteiger partial charge is 0.270 e. The molecule has 0 atom stereocenters. The second kappa shape index (κ2) is 5.79. The maximum absolute atomic E-state index is 10.7. The Kier molecular flexibility index (Phi) is 4.11. The maximum atomic E-state index is 10.7. The van der Waals surface area contributed by atoms with Gasteiger partial charge in [0.2, 0.25) is 0 Å². The van der Waals surface area contributed by atoms with E-state index in [9.17, 15) is 20.3 Å². The lowest BCUT2D eigenvalue weighted by molar-refractivity contribution is -0.384. The Balaban J connectivity index is 2.09. The van der Waals surface area contributed by atoms with Crippen LogP contribution < -0.4 is 0 Å². The largest absolute Gasteiger partial charge is 0.507 e. The summed E-state index contributed by atoms with van der Waals surface area (Å²) < 4.78 is 0. The van der Waals surface area contributed by atoms with Gasteiger partial charge in [-0.1, -0.05) is 0 Å². The van der Waals surface area contributed by atoms with Crippen LogP contribution >= 0.6 is 0 Å². The molecule has 6 nitrogen and oxygen atoms in total. The van der Waals surface area contributed by atoms with Crippen LogP contribution in [-0.2, 0) is 0 Å². The summed E-state index contributed by atoms with van der Waals surface area (Å²) in [6, 6.07) is 3.96. The second-order valence-corrected chi connectivity index (χ2v) is 4.74. The van der Waals surface area contributed by atoms with E-state index in [2.05, 4.69) is 4.99 Å². The van der Waals surface area contributed by atoms with Gasteiger partial charge in [0.1, 0.15) is 5.75 Å². The Morgan fingerprint density at radius 1 is 1.32 bits per heavy atom. The van der Waals surface area contributed by atoms with Gasteiger partial charge in [0.05, 0.1) is 17.1 Å². The monoisotopic (exact) mass is 264 g/mol. The summed E-state index contributed by atoms with van der Waals surface area (Å²) in [5, 5.41) is 29.7. The predicted molar refractivity (Wildman–Crippen MR) is 70.6 cm³/mol. The number of non-ortho nitro benzene ring substituents is 1. The number of benzene rings is 1. The molecule has 19 heavy (non-hydrogen) atoms. The summed E-state index contributed by atoms with van der Waals surface area (Å²) in [5.74, 6) is -0.0230. The first-order chi connectivity index (χ1) is 9.06. The van der Waals surface area contributed by atoms with Crippen LogP contribution in [0.15, 0.2) is 23.2 Å². The Morgan fingerprint density at radius 2 is 2.00 bits per heavy atom. The molecule has 102 valence electrons. The van der Waals surface area contributed by atoms with Gasteiger partial charge >= 0.3 is 0 Å². The summed E-state index contributed by atoms with van der Waals surface area (Å²) in [7, 11) is 0. The third-order valence-corrected chi connectivity index (χ3v) is 3.31. The van der Waals surface area contributed by atoms with E-state index >= 15 is 0 Å². The highest BCUT2D eigenvalue weighted by Crippen LogP contribution is 2.24. The lowest BCUT2D eigenvalue weighted by Crippen LogP contribution is -2.20. The fourth-order valence-corrected chi connectivity index (χ4v) is 2.15. The van der Waals surface area contributed by atoms with Crippen molar-refractivity contribution in [2.24, 2.45) is 4.99 Å². The zero-order valence-corrected chi connectivity index (χ0v) is 10.4. The molecule has 0 unspecified atom stereocenters. The van der Waals surface area contributed by atoms with E-state index in [0.29, 0.717) is 5.56 Å². The van der Waals surface area contributed by atoms with Gasteiger partial charge < -0.3 is 10.2 Å². The lowest BCUT2D eigenvalue weighted by atomic mass is 9.93. The number of phenols is 1. The summed E-state index contributed by atoms with van der Waals surface area (Å²) in [5.41, 5.74) is 0.277. The summed E-state index contributed by atoms with van der Waals surface area (Å²) in [6.45, 7) is 0. The van der Waals surface area contributed by atoms with Crippen molar-refractivity contribution in [3.05, 3.63) is 33.9 Å². The van der Waals surface area contributed by atoms with Crippen molar-refractivity contribution in [2.75, 3.05) is 0 Å². The van der Waals surface area contributed by atoms with Gasteiger partial charge in [0.15, 0.2) is 0 Å². The third-order valence-electron chi connectivity index (χ3n) is 3.31. The molecule has 1 fully saturated rings. The molecule has 1 aromatic rings. The van der Waals surface area contributed by atoms with Crippen molar-refractivity contribution in [2.45, 2.75) is 37.8 Å². The predicted octanol–water partition coefficient (Wildman–Crippen LogP) is 2.02. The molecule has 0 spiro atoms. The molecule has 0 radical (unpaired) electrons. The average Bonchev–Trinajstić information content (AvgIpc) is 2.39. The second-order valence-electron chi connectivity index (χ2n) is 4.74. The number of aliphatic hydroxyl groups excluding tert-OH is 1. The summed E-state index contributed by atoms with van der Waals surface area (Å²) in [4.78, 5) is 14.5. The van der Waals surface area contributed by atoms with Gasteiger partial charge in [-0.05, 0) is 31.7 Å². The Bertz CT molecular complexity index is 493. The van der Waals surface area contributed by atoms with Crippen LogP contribution in [0.1, 0.15) is 31.2 Å². The SMILES string of the molecule is O=[N+]([O-])c1ccc(O)c(C=NC2CCC(O)CC2)c1. The minimum absolute atomic E-state index is 0.0230. The van der Waals surface area contributed by atoms with E-state index in [4.69, 9.17) is 0 Å². The van der Waals surface area contributed by atoms with Gasteiger partial charge in [-0.15, -0.1) is 0 Å². The van der Waals surface area contributed by atoms with Crippen LogP contribution in [-0.4, -0.2) is 33.5 Å². The Morgan fingerprint density at radius 3 is 2.63 bits per heavy atom. The molecule has 2 rings (SSSR count). The van der Waals surface area contributed by atoms with Crippen LogP contribution in [0, 0.1) is 10.1 Å². The van der Waals surface area contributed by atoms with Crippen molar-refractivity contribution in [3.8, 4) is 5.75 Å². The fraction of sp³-hybridized carbons (Fsp3) is 0.462. The van der Waals surface area contributed by atoms with Crippen LogP contribution in [0.4, 0.5) is 5.69 Å². The molecule has 0 heterocycles. The minimum atomic E-state index is -0.506. The number of hydrogen-bond donors (Lipinski definition) is 2. The van der Waals surface area contributed by atoms with Crippen LogP contribution in [0.3, 0.4) is 0 Å². The highest BCUT2D eigenvalue weighted by atomic mass is 16.6. The Labute approximate surface area is 110 Å². The van der Waals surface area contributed by atoms with E-state index in [1.807, 2.05) is 0 Å². The van der Waals surface area contributed by atoms with Crippen molar-refractivity contribution in [1.29, 1.82) is 0 Å². The topological polar surface area (TPSA) is 96.0 Å². The van der Waals surface area contributed by atoms with Gasteiger partial charge in [0.25, 0.3) is 5.69 Å². The lowest BCUT2D eigenvalue weighted by Gasteiger charge is -2.22. The van der Waals surface area contributed by atoms with Crippen molar-refractivity contribution >= 4 is 11.9 Å². The molecule has 0 amide bonds. The zero-order chi connectivity index (χ0) is 13.8. The number of rotatable bonds is 3. The van der Waals surface area contributed by atoms with Crippen molar-refractivity contribution in [3.63, 3.8) is 0 Å². The van der Waals surface area contributed by atoms with Crippen LogP contribution in [0.2, 0.25) is 0 Å². The first-order valence-electron chi connectivity index (χ1n) is 6.25. The molecule has 0 saturated heterocycles. The van der Waals surface area contributed by atoms with Crippen molar-refractivity contribution < 1.29 is 15.1 Å². The third kappa shape index (κ3) is 3.51. The molecule has 1 aliphatic rings. The molecule has 1 aromatic carbocycles. The van der Waals surface area contributed by atoms with E-state index in [1.165, 1.54) is 24.4 Å². The number of hydrogen-bond acceptors (Lipinski definition) is 5. The molecule has 1 saturated carbocycles. The molecule has 0 aromatic heterocycles. The van der Waals surface area contributed by atoms with Gasteiger partial charge in [-0.2, -0.15) is 0 Å². The number of aromatic hydroxyl groups is 1. The fourth-order valence-electron chi connectivity index (χ4n) is 2.15. The molecule has 0 aliphatic heterocycles. The number of nitro benzene ring substituents is 1. The molecule has 0 bridgehead atoms. The highest BCUT2D eigenvalue weighted by Gasteiger charge is 2.18.